The van der Waals surface area contributed by atoms with Crippen LogP contribution in [-0.2, 0) is 0 Å². The normalized spacial score (nSPS) is 15.0. The molecule has 0 radical (unpaired) electrons. The zero-order chi connectivity index (χ0) is 17.6. The van der Waals surface area contributed by atoms with Gasteiger partial charge in [-0.05, 0) is 62.7 Å². The van der Waals surface area contributed by atoms with Crippen LogP contribution in [0.2, 0.25) is 0 Å². The summed E-state index contributed by atoms with van der Waals surface area (Å²) in [6, 6.07) is 18.5. The maximum atomic E-state index is 12.6. The van der Waals surface area contributed by atoms with Crippen LogP contribution in [0.1, 0.15) is 32.9 Å². The molecule has 0 N–H and O–H groups in total. The first-order valence-corrected chi connectivity index (χ1v) is 9.15. The lowest BCUT2D eigenvalue weighted by Crippen LogP contribution is -1.99. The number of benzene rings is 2. The Morgan fingerprint density at radius 2 is 1.68 bits per heavy atom. The van der Waals surface area contributed by atoms with Gasteiger partial charge < -0.3 is 4.57 Å². The van der Waals surface area contributed by atoms with Crippen molar-refractivity contribution in [3.8, 4) is 5.69 Å². The molecule has 2 nitrogen and oxygen atoms in total. The average molecular weight is 345 g/mol. The summed E-state index contributed by atoms with van der Waals surface area (Å²) >= 11 is 1.56. The topological polar surface area (TPSA) is 22.0 Å². The molecule has 0 spiro atoms. The largest absolute Gasteiger partial charge is 0.318 e. The van der Waals surface area contributed by atoms with E-state index < -0.39 is 0 Å². The van der Waals surface area contributed by atoms with Gasteiger partial charge in [-0.3, -0.25) is 4.79 Å². The van der Waals surface area contributed by atoms with Gasteiger partial charge in [-0.1, -0.05) is 41.6 Å². The molecule has 1 aliphatic rings. The molecule has 124 valence electrons. The average Bonchev–Trinajstić information content (AvgIpc) is 3.06. The number of Topliss-reactive ketones (excluding diaryl/α,β-unsaturated/α-hetero) is 1. The second-order valence-corrected chi connectivity index (χ2v) is 7.52. The van der Waals surface area contributed by atoms with Crippen LogP contribution >= 0.6 is 11.8 Å². The maximum absolute atomic E-state index is 12.6. The molecule has 25 heavy (non-hydrogen) atoms. The van der Waals surface area contributed by atoms with Crippen molar-refractivity contribution in [3.63, 3.8) is 0 Å². The van der Waals surface area contributed by atoms with Crippen LogP contribution in [0, 0.1) is 20.8 Å². The first-order valence-electron chi connectivity index (χ1n) is 8.34. The second kappa shape index (κ2) is 6.08. The van der Waals surface area contributed by atoms with Gasteiger partial charge in [0.05, 0.1) is 4.91 Å². The van der Waals surface area contributed by atoms with Crippen molar-refractivity contribution in [1.29, 1.82) is 0 Å². The lowest BCUT2D eigenvalue weighted by molar-refractivity contribution is 0.104. The van der Waals surface area contributed by atoms with Crippen molar-refractivity contribution in [2.45, 2.75) is 25.7 Å². The van der Waals surface area contributed by atoms with Crippen molar-refractivity contribution < 1.29 is 4.79 Å². The van der Waals surface area contributed by atoms with Gasteiger partial charge in [0.25, 0.3) is 0 Å². The maximum Gasteiger partial charge on any atom is 0.200 e. The summed E-state index contributed by atoms with van der Waals surface area (Å²) in [6.45, 7) is 6.30. The summed E-state index contributed by atoms with van der Waals surface area (Å²) < 4.78 is 2.24. The van der Waals surface area contributed by atoms with E-state index in [4.69, 9.17) is 0 Å². The lowest BCUT2D eigenvalue weighted by atomic mass is 10.1. The van der Waals surface area contributed by atoms with Crippen molar-refractivity contribution in [3.05, 3.63) is 87.6 Å². The predicted molar refractivity (Wildman–Crippen MR) is 105 cm³/mol. The predicted octanol–water partition coefficient (Wildman–Crippen LogP) is 5.73. The Labute approximate surface area is 152 Å². The highest BCUT2D eigenvalue weighted by Gasteiger charge is 2.25. The van der Waals surface area contributed by atoms with E-state index in [1.807, 2.05) is 30.3 Å². The zero-order valence-electron chi connectivity index (χ0n) is 14.5. The van der Waals surface area contributed by atoms with E-state index in [0.29, 0.717) is 0 Å². The summed E-state index contributed by atoms with van der Waals surface area (Å²) in [7, 11) is 0. The third-order valence-electron chi connectivity index (χ3n) is 4.62. The molecule has 0 atom stereocenters. The number of aromatic nitrogens is 1. The fourth-order valence-corrected chi connectivity index (χ4v) is 4.34. The third-order valence-corrected chi connectivity index (χ3v) is 5.72. The minimum atomic E-state index is 0.126. The number of hydrogen-bond acceptors (Lipinski definition) is 2. The lowest BCUT2D eigenvalue weighted by Gasteiger charge is -2.10. The Bertz CT molecular complexity index is 1010. The van der Waals surface area contributed by atoms with Crippen LogP contribution in [0.3, 0.4) is 0 Å². The molecule has 0 saturated heterocycles. The summed E-state index contributed by atoms with van der Waals surface area (Å²) in [6.07, 6.45) is 2.03. The van der Waals surface area contributed by atoms with Gasteiger partial charge in [0.1, 0.15) is 0 Å². The molecule has 0 saturated carbocycles. The quantitative estimate of drug-likeness (QED) is 0.553. The Hall–Kier alpha value is -2.52. The highest BCUT2D eigenvalue weighted by molar-refractivity contribution is 8.04. The molecule has 0 bridgehead atoms. The van der Waals surface area contributed by atoms with Gasteiger partial charge in [0, 0.05) is 27.5 Å². The van der Waals surface area contributed by atoms with Gasteiger partial charge in [0.2, 0.25) is 5.78 Å². The van der Waals surface area contributed by atoms with E-state index in [-0.39, 0.29) is 5.78 Å². The van der Waals surface area contributed by atoms with Crippen LogP contribution < -0.4 is 0 Å². The molecule has 0 amide bonds. The molecule has 0 fully saturated rings. The molecule has 1 aromatic heterocycles. The number of carbonyl (C=O) groups is 1. The van der Waals surface area contributed by atoms with Crippen LogP contribution in [0.5, 0.6) is 0 Å². The first-order chi connectivity index (χ1) is 12.0. The van der Waals surface area contributed by atoms with E-state index >= 15 is 0 Å². The van der Waals surface area contributed by atoms with Crippen LogP contribution in [0.4, 0.5) is 0 Å². The molecule has 2 heterocycles. The van der Waals surface area contributed by atoms with Crippen LogP contribution in [0.15, 0.2) is 64.4 Å². The number of hydrogen-bond donors (Lipinski definition) is 0. The van der Waals surface area contributed by atoms with Crippen LogP contribution in [0.25, 0.3) is 11.8 Å². The van der Waals surface area contributed by atoms with Crippen molar-refractivity contribution in [1.82, 2.24) is 4.57 Å². The third kappa shape index (κ3) is 2.75. The fraction of sp³-hybridized carbons (Fsp3) is 0.136. The Kier molecular flexibility index (Phi) is 3.89. The molecule has 2 aromatic carbocycles. The molecule has 4 rings (SSSR count). The summed E-state index contributed by atoms with van der Waals surface area (Å²) in [4.78, 5) is 14.5. The molecular weight excluding hydrogens is 326 g/mol. The van der Waals surface area contributed by atoms with Gasteiger partial charge in [-0.2, -0.15) is 0 Å². The minimum absolute atomic E-state index is 0.126. The molecule has 0 aliphatic carbocycles. The van der Waals surface area contributed by atoms with Gasteiger partial charge in [-0.25, -0.2) is 0 Å². The number of aryl methyl sites for hydroxylation is 2. The zero-order valence-corrected chi connectivity index (χ0v) is 15.4. The number of nitrogens with zero attached hydrogens (tertiary/aromatic N) is 1. The second-order valence-electron chi connectivity index (χ2n) is 6.43. The number of fused-ring (bicyclic) bond motifs is 1. The van der Waals surface area contributed by atoms with E-state index in [2.05, 4.69) is 55.7 Å². The molecule has 1 aliphatic heterocycles. The fourth-order valence-electron chi connectivity index (χ4n) is 3.30. The Morgan fingerprint density at radius 1 is 0.960 bits per heavy atom. The van der Waals surface area contributed by atoms with Crippen molar-refractivity contribution in [2.75, 3.05) is 0 Å². The Morgan fingerprint density at radius 3 is 2.40 bits per heavy atom. The summed E-state index contributed by atoms with van der Waals surface area (Å²) in [5, 5.41) is 0. The summed E-state index contributed by atoms with van der Waals surface area (Å²) in [5.74, 6) is 0.126. The van der Waals surface area contributed by atoms with E-state index in [1.165, 1.54) is 11.3 Å². The number of carbonyl (C=O) groups excluding carboxylic acids is 1. The smallest absolute Gasteiger partial charge is 0.200 e. The van der Waals surface area contributed by atoms with Crippen molar-refractivity contribution in [2.24, 2.45) is 0 Å². The molecular formula is C22H19NOS. The SMILES string of the molecule is Cc1ccc(-n2c(C)cc(/C=C3\Sc4ccccc4C3=O)c2C)cc1. The monoisotopic (exact) mass is 345 g/mol. The number of allylic oxidation sites excluding steroid dienone is 1. The highest BCUT2D eigenvalue weighted by atomic mass is 32.2. The van der Waals surface area contributed by atoms with E-state index in [9.17, 15) is 4.79 Å². The van der Waals surface area contributed by atoms with E-state index in [1.54, 1.807) is 11.8 Å². The molecule has 0 unspecified atom stereocenters. The first kappa shape index (κ1) is 16.0. The minimum Gasteiger partial charge on any atom is -0.318 e. The van der Waals surface area contributed by atoms with E-state index in [0.717, 1.165) is 32.3 Å². The van der Waals surface area contributed by atoms with Gasteiger partial charge in [0.15, 0.2) is 0 Å². The molecule has 3 aromatic rings. The number of ketones is 1. The number of thioether (sulfide) groups is 1. The standard InChI is InChI=1S/C22H19NOS/c1-14-8-10-18(11-9-14)23-15(2)12-17(16(23)3)13-21-22(24)19-6-4-5-7-20(19)25-21/h4-13H,1-3H3/b21-13-. The van der Waals surface area contributed by atoms with Gasteiger partial charge >= 0.3 is 0 Å². The van der Waals surface area contributed by atoms with Crippen molar-refractivity contribution >= 4 is 23.6 Å². The van der Waals surface area contributed by atoms with Crippen LogP contribution in [-0.4, -0.2) is 10.4 Å². The van der Waals surface area contributed by atoms with Gasteiger partial charge in [-0.15, -0.1) is 0 Å². The number of rotatable bonds is 2. The highest BCUT2D eigenvalue weighted by Crippen LogP contribution is 2.41. The molecule has 3 heteroatoms. The Balaban J connectivity index is 1.75. The summed E-state index contributed by atoms with van der Waals surface area (Å²) in [5.41, 5.74) is 6.63.